The highest BCUT2D eigenvalue weighted by Crippen LogP contribution is 2.34. The van der Waals surface area contributed by atoms with E-state index in [1.807, 2.05) is 18.2 Å². The monoisotopic (exact) mass is 291 g/mol. The molecule has 1 heterocycles. The van der Waals surface area contributed by atoms with Crippen molar-refractivity contribution in [3.8, 4) is 11.5 Å². The lowest BCUT2D eigenvalue weighted by molar-refractivity contribution is 0.169. The standard InChI is InChI=1S/C17H25NO3/c19-15(11-18-9-8-13-4-2-1-3-5-13)14-6-7-16-17(10-14)21-12-20-16/h6-7,10,13,15,18-19H,1-5,8-9,11-12H2. The molecule has 4 heteroatoms. The summed E-state index contributed by atoms with van der Waals surface area (Å²) in [6.45, 7) is 1.85. The molecule has 1 unspecified atom stereocenters. The van der Waals surface area contributed by atoms with Gasteiger partial charge in [-0.1, -0.05) is 38.2 Å². The van der Waals surface area contributed by atoms with E-state index in [1.54, 1.807) is 0 Å². The Hall–Kier alpha value is -1.26. The van der Waals surface area contributed by atoms with E-state index in [9.17, 15) is 5.11 Å². The predicted molar refractivity (Wildman–Crippen MR) is 81.6 cm³/mol. The summed E-state index contributed by atoms with van der Waals surface area (Å²) in [5, 5.41) is 13.6. The van der Waals surface area contributed by atoms with Crippen molar-refractivity contribution in [1.29, 1.82) is 0 Å². The Morgan fingerprint density at radius 1 is 1.14 bits per heavy atom. The van der Waals surface area contributed by atoms with Gasteiger partial charge in [-0.15, -0.1) is 0 Å². The van der Waals surface area contributed by atoms with Gasteiger partial charge in [0.05, 0.1) is 6.10 Å². The number of hydrogen-bond acceptors (Lipinski definition) is 4. The zero-order chi connectivity index (χ0) is 14.5. The van der Waals surface area contributed by atoms with Crippen molar-refractivity contribution < 1.29 is 14.6 Å². The van der Waals surface area contributed by atoms with Crippen LogP contribution in [0.3, 0.4) is 0 Å². The van der Waals surface area contributed by atoms with E-state index >= 15 is 0 Å². The molecule has 116 valence electrons. The molecule has 3 rings (SSSR count). The molecule has 21 heavy (non-hydrogen) atoms. The molecule has 0 aromatic heterocycles. The van der Waals surface area contributed by atoms with Crippen LogP contribution >= 0.6 is 0 Å². The maximum atomic E-state index is 10.2. The molecule has 2 N–H and O–H groups in total. The second-order valence-electron chi connectivity index (χ2n) is 6.13. The van der Waals surface area contributed by atoms with Gasteiger partial charge < -0.3 is 19.9 Å². The van der Waals surface area contributed by atoms with E-state index in [-0.39, 0.29) is 6.79 Å². The summed E-state index contributed by atoms with van der Waals surface area (Å²) in [5.74, 6) is 2.37. The minimum Gasteiger partial charge on any atom is -0.454 e. The van der Waals surface area contributed by atoms with Crippen LogP contribution in [0.4, 0.5) is 0 Å². The van der Waals surface area contributed by atoms with Gasteiger partial charge in [0, 0.05) is 6.54 Å². The van der Waals surface area contributed by atoms with Crippen LogP contribution in [-0.4, -0.2) is 25.0 Å². The summed E-state index contributed by atoms with van der Waals surface area (Å²) in [5.41, 5.74) is 0.879. The fourth-order valence-corrected chi connectivity index (χ4v) is 3.26. The van der Waals surface area contributed by atoms with Crippen molar-refractivity contribution in [1.82, 2.24) is 5.32 Å². The van der Waals surface area contributed by atoms with Crippen molar-refractivity contribution in [3.63, 3.8) is 0 Å². The molecule has 1 saturated carbocycles. The van der Waals surface area contributed by atoms with Crippen LogP contribution < -0.4 is 14.8 Å². The molecule has 2 aliphatic rings. The summed E-state index contributed by atoms with van der Waals surface area (Å²) >= 11 is 0. The highest BCUT2D eigenvalue weighted by molar-refractivity contribution is 5.45. The zero-order valence-corrected chi connectivity index (χ0v) is 12.5. The van der Waals surface area contributed by atoms with E-state index in [0.29, 0.717) is 6.54 Å². The predicted octanol–water partition coefficient (Wildman–Crippen LogP) is 3.01. The smallest absolute Gasteiger partial charge is 0.231 e. The first kappa shape index (κ1) is 14.7. The average molecular weight is 291 g/mol. The lowest BCUT2D eigenvalue weighted by atomic mass is 9.87. The first-order valence-electron chi connectivity index (χ1n) is 8.11. The Morgan fingerprint density at radius 3 is 2.81 bits per heavy atom. The van der Waals surface area contributed by atoms with E-state index in [1.165, 1.54) is 38.5 Å². The third-order valence-electron chi connectivity index (χ3n) is 4.57. The molecule has 0 saturated heterocycles. The lowest BCUT2D eigenvalue weighted by Gasteiger charge is -2.21. The number of nitrogens with one attached hydrogen (secondary N) is 1. The van der Waals surface area contributed by atoms with Crippen LogP contribution in [0.15, 0.2) is 18.2 Å². The van der Waals surface area contributed by atoms with Gasteiger partial charge in [-0.2, -0.15) is 0 Å². The van der Waals surface area contributed by atoms with E-state index in [4.69, 9.17) is 9.47 Å². The quantitative estimate of drug-likeness (QED) is 0.791. The minimum absolute atomic E-state index is 0.272. The number of rotatable bonds is 6. The van der Waals surface area contributed by atoms with Crippen LogP contribution in [0, 0.1) is 5.92 Å². The fourth-order valence-electron chi connectivity index (χ4n) is 3.26. The second-order valence-corrected chi connectivity index (χ2v) is 6.13. The van der Waals surface area contributed by atoms with Gasteiger partial charge >= 0.3 is 0 Å². The first-order valence-corrected chi connectivity index (χ1v) is 8.11. The highest BCUT2D eigenvalue weighted by Gasteiger charge is 2.17. The minimum atomic E-state index is -0.495. The lowest BCUT2D eigenvalue weighted by Crippen LogP contribution is -2.24. The van der Waals surface area contributed by atoms with Gasteiger partial charge in [0.15, 0.2) is 11.5 Å². The normalized spacial score (nSPS) is 19.7. The zero-order valence-electron chi connectivity index (χ0n) is 12.5. The number of fused-ring (bicyclic) bond motifs is 1. The van der Waals surface area contributed by atoms with Gasteiger partial charge in [0.25, 0.3) is 0 Å². The fraction of sp³-hybridized carbons (Fsp3) is 0.647. The molecular formula is C17H25NO3. The maximum Gasteiger partial charge on any atom is 0.231 e. The van der Waals surface area contributed by atoms with Gasteiger partial charge in [-0.25, -0.2) is 0 Å². The molecule has 1 aliphatic carbocycles. The molecule has 0 bridgehead atoms. The van der Waals surface area contributed by atoms with E-state index in [0.717, 1.165) is 29.5 Å². The Balaban J connectivity index is 1.40. The van der Waals surface area contributed by atoms with Crippen LogP contribution in [0.1, 0.15) is 50.2 Å². The second kappa shape index (κ2) is 7.14. The van der Waals surface area contributed by atoms with E-state index in [2.05, 4.69) is 5.32 Å². The molecule has 1 aromatic carbocycles. The summed E-state index contributed by atoms with van der Waals surface area (Å²) in [7, 11) is 0. The van der Waals surface area contributed by atoms with Crippen LogP contribution in [0.2, 0.25) is 0 Å². The molecule has 0 amide bonds. The number of aliphatic hydroxyl groups excluding tert-OH is 1. The third kappa shape index (κ3) is 3.89. The summed E-state index contributed by atoms with van der Waals surface area (Å²) in [4.78, 5) is 0. The van der Waals surface area contributed by atoms with Crippen LogP contribution in [0.25, 0.3) is 0 Å². The van der Waals surface area contributed by atoms with Gasteiger partial charge in [-0.3, -0.25) is 0 Å². The Labute approximate surface area is 126 Å². The van der Waals surface area contributed by atoms with Crippen molar-refractivity contribution in [2.24, 2.45) is 5.92 Å². The molecule has 0 spiro atoms. The average Bonchev–Trinajstić information content (AvgIpc) is 3.00. The summed E-state index contributed by atoms with van der Waals surface area (Å²) < 4.78 is 10.6. The van der Waals surface area contributed by atoms with Gasteiger partial charge in [-0.05, 0) is 36.6 Å². The van der Waals surface area contributed by atoms with Crippen molar-refractivity contribution >= 4 is 0 Å². The molecule has 0 radical (unpaired) electrons. The molecule has 1 aromatic rings. The molecule has 1 aliphatic heterocycles. The first-order chi connectivity index (χ1) is 10.3. The topological polar surface area (TPSA) is 50.7 Å². The van der Waals surface area contributed by atoms with Crippen molar-refractivity contribution in [2.75, 3.05) is 19.9 Å². The summed E-state index contributed by atoms with van der Waals surface area (Å²) in [6, 6.07) is 5.64. The molecule has 1 fully saturated rings. The van der Waals surface area contributed by atoms with Crippen LogP contribution in [-0.2, 0) is 0 Å². The van der Waals surface area contributed by atoms with Crippen molar-refractivity contribution in [3.05, 3.63) is 23.8 Å². The Bertz CT molecular complexity index is 457. The largest absolute Gasteiger partial charge is 0.454 e. The number of benzene rings is 1. The highest BCUT2D eigenvalue weighted by atomic mass is 16.7. The van der Waals surface area contributed by atoms with Crippen LogP contribution in [0.5, 0.6) is 11.5 Å². The van der Waals surface area contributed by atoms with Gasteiger partial charge in [0.2, 0.25) is 6.79 Å². The molecule has 1 atom stereocenters. The van der Waals surface area contributed by atoms with Gasteiger partial charge in [0.1, 0.15) is 0 Å². The third-order valence-corrected chi connectivity index (χ3v) is 4.57. The number of hydrogen-bond donors (Lipinski definition) is 2. The number of ether oxygens (including phenoxy) is 2. The molecular weight excluding hydrogens is 266 g/mol. The summed E-state index contributed by atoms with van der Waals surface area (Å²) in [6.07, 6.45) is 7.69. The SMILES string of the molecule is OC(CNCCC1CCCCC1)c1ccc2c(c1)OCO2. The Kier molecular flexibility index (Phi) is 4.99. The molecule has 4 nitrogen and oxygen atoms in total. The number of aliphatic hydroxyl groups is 1. The van der Waals surface area contributed by atoms with Crippen molar-refractivity contribution in [2.45, 2.75) is 44.6 Å². The Morgan fingerprint density at radius 2 is 1.95 bits per heavy atom. The van der Waals surface area contributed by atoms with E-state index < -0.39 is 6.10 Å². The maximum absolute atomic E-state index is 10.2.